The predicted molar refractivity (Wildman–Crippen MR) is 102 cm³/mol. The number of fused-ring (bicyclic) bond motifs is 1. The molecule has 0 unspecified atom stereocenters. The number of hydrogen-bond donors (Lipinski definition) is 1. The molecule has 1 N–H and O–H groups in total. The first-order chi connectivity index (χ1) is 14.7. The lowest BCUT2D eigenvalue weighted by atomic mass is 10.2. The average molecular weight is 448 g/mol. The second kappa shape index (κ2) is 7.85. The number of ether oxygens (including phenoxy) is 1. The molecule has 10 heteroatoms. The molecule has 156 valence electrons. The largest absolute Gasteiger partial charge is 0.506 e. The Morgan fingerprint density at radius 2 is 1.71 bits per heavy atom. The van der Waals surface area contributed by atoms with Crippen LogP contribution >= 0.6 is 11.3 Å². The average Bonchev–Trinajstić information content (AvgIpc) is 3.16. The van der Waals surface area contributed by atoms with E-state index in [9.17, 15) is 27.1 Å². The quantitative estimate of drug-likeness (QED) is 0.261. The lowest BCUT2D eigenvalue weighted by molar-refractivity contribution is -0.185. The molecule has 4 rings (SSSR count). The molecule has 2 aromatic heterocycles. The van der Waals surface area contributed by atoms with Crippen LogP contribution in [0.15, 0.2) is 48.7 Å². The summed E-state index contributed by atoms with van der Waals surface area (Å²) in [5.74, 6) is -0.370. The third-order valence-electron chi connectivity index (χ3n) is 3.92. The maximum Gasteiger partial charge on any atom is 0.454 e. The summed E-state index contributed by atoms with van der Waals surface area (Å²) in [5.41, 5.74) is 1.15. The summed E-state index contributed by atoms with van der Waals surface area (Å²) in [6, 6.07) is 8.19. The summed E-state index contributed by atoms with van der Waals surface area (Å²) in [6.07, 6.45) is -2.77. The molecular weight excluding hydrogens is 439 g/mol. The van der Waals surface area contributed by atoms with Gasteiger partial charge in [-0.2, -0.15) is 8.78 Å². The minimum atomic E-state index is -4.01. The van der Waals surface area contributed by atoms with Crippen LogP contribution in [-0.4, -0.2) is 15.1 Å². The molecule has 0 spiro atoms. The van der Waals surface area contributed by atoms with Crippen molar-refractivity contribution in [3.05, 3.63) is 82.4 Å². The molecule has 0 amide bonds. The van der Waals surface area contributed by atoms with Crippen LogP contribution in [0.2, 0.25) is 0 Å². The standard InChI is InChI=1S/C21H9F5N2O2S/c22-15-8-14(9-16(23)19(15)24)30-21(25,26)20-28-17-6-2-11(7-18(17)31-20)1-3-12-4-5-13(29)10-27-12/h2,4-10,29H. The van der Waals surface area contributed by atoms with E-state index in [0.29, 0.717) is 39.4 Å². The number of halogens is 5. The van der Waals surface area contributed by atoms with Crippen molar-refractivity contribution >= 4 is 21.6 Å². The molecule has 0 radical (unpaired) electrons. The molecule has 0 atom stereocenters. The topological polar surface area (TPSA) is 55.2 Å². The first-order valence-corrected chi connectivity index (χ1v) is 9.32. The number of pyridine rings is 1. The second-order valence-electron chi connectivity index (χ2n) is 6.17. The van der Waals surface area contributed by atoms with E-state index in [1.165, 1.54) is 30.5 Å². The molecule has 0 aliphatic carbocycles. The summed E-state index contributed by atoms with van der Waals surface area (Å²) in [7, 11) is 0. The molecule has 0 saturated heterocycles. The van der Waals surface area contributed by atoms with Gasteiger partial charge in [-0.15, -0.1) is 11.3 Å². The summed E-state index contributed by atoms with van der Waals surface area (Å²) in [5, 5.41) is 8.47. The summed E-state index contributed by atoms with van der Waals surface area (Å²) in [4.78, 5) is 7.73. The highest BCUT2D eigenvalue weighted by Crippen LogP contribution is 2.37. The fourth-order valence-electron chi connectivity index (χ4n) is 2.51. The third-order valence-corrected chi connectivity index (χ3v) is 4.99. The Hall–Kier alpha value is -3.71. The van der Waals surface area contributed by atoms with Crippen LogP contribution in [0.25, 0.3) is 10.2 Å². The number of aromatic nitrogens is 2. The minimum absolute atomic E-state index is 0.00146. The van der Waals surface area contributed by atoms with Gasteiger partial charge in [-0.05, 0) is 36.3 Å². The molecule has 2 aromatic carbocycles. The molecule has 4 aromatic rings. The summed E-state index contributed by atoms with van der Waals surface area (Å²) < 4.78 is 73.2. The Morgan fingerprint density at radius 1 is 0.968 bits per heavy atom. The van der Waals surface area contributed by atoms with E-state index in [-0.39, 0.29) is 11.3 Å². The minimum Gasteiger partial charge on any atom is -0.506 e. The summed E-state index contributed by atoms with van der Waals surface area (Å²) >= 11 is 0.609. The van der Waals surface area contributed by atoms with Crippen molar-refractivity contribution in [1.82, 2.24) is 9.97 Å². The fourth-order valence-corrected chi connectivity index (χ4v) is 3.42. The van der Waals surface area contributed by atoms with Gasteiger partial charge in [0.2, 0.25) is 5.01 Å². The van der Waals surface area contributed by atoms with E-state index < -0.39 is 34.3 Å². The van der Waals surface area contributed by atoms with Crippen molar-refractivity contribution < 1.29 is 31.8 Å². The van der Waals surface area contributed by atoms with Gasteiger partial charge in [0.15, 0.2) is 17.5 Å². The van der Waals surface area contributed by atoms with E-state index in [1.54, 1.807) is 6.07 Å². The molecule has 31 heavy (non-hydrogen) atoms. The number of benzene rings is 2. The zero-order chi connectivity index (χ0) is 22.2. The number of nitrogens with zero attached hydrogens (tertiary/aromatic N) is 2. The van der Waals surface area contributed by atoms with Gasteiger partial charge in [0.25, 0.3) is 0 Å². The van der Waals surface area contributed by atoms with E-state index in [2.05, 4.69) is 26.5 Å². The van der Waals surface area contributed by atoms with E-state index in [1.807, 2.05) is 0 Å². The van der Waals surface area contributed by atoms with Crippen molar-refractivity contribution in [3.8, 4) is 23.3 Å². The van der Waals surface area contributed by atoms with Crippen LogP contribution in [0, 0.1) is 29.3 Å². The zero-order valence-corrected chi connectivity index (χ0v) is 16.0. The predicted octanol–water partition coefficient (Wildman–Crippen LogP) is 5.34. The Labute approximate surface area is 175 Å². The first kappa shape index (κ1) is 20.6. The number of alkyl halides is 2. The van der Waals surface area contributed by atoms with Crippen LogP contribution in [-0.2, 0) is 6.11 Å². The van der Waals surface area contributed by atoms with Gasteiger partial charge in [-0.3, -0.25) is 0 Å². The molecular formula is C21H9F5N2O2S. The summed E-state index contributed by atoms with van der Waals surface area (Å²) in [6.45, 7) is 0. The van der Waals surface area contributed by atoms with Gasteiger partial charge in [0.05, 0.1) is 16.4 Å². The molecule has 0 aliphatic heterocycles. The first-order valence-electron chi connectivity index (χ1n) is 8.51. The lowest BCUT2D eigenvalue weighted by Crippen LogP contribution is -2.21. The van der Waals surface area contributed by atoms with Crippen molar-refractivity contribution in [2.75, 3.05) is 0 Å². The van der Waals surface area contributed by atoms with Gasteiger partial charge in [-0.25, -0.2) is 23.1 Å². The van der Waals surface area contributed by atoms with E-state index in [0.717, 1.165) is 0 Å². The van der Waals surface area contributed by atoms with Crippen molar-refractivity contribution in [2.45, 2.75) is 6.11 Å². The van der Waals surface area contributed by atoms with E-state index in [4.69, 9.17) is 0 Å². The molecule has 0 fully saturated rings. The van der Waals surface area contributed by atoms with Crippen molar-refractivity contribution in [1.29, 1.82) is 0 Å². The van der Waals surface area contributed by atoms with Gasteiger partial charge >= 0.3 is 6.11 Å². The van der Waals surface area contributed by atoms with Crippen molar-refractivity contribution in [3.63, 3.8) is 0 Å². The van der Waals surface area contributed by atoms with Crippen LogP contribution < -0.4 is 4.74 Å². The van der Waals surface area contributed by atoms with Crippen LogP contribution in [0.3, 0.4) is 0 Å². The number of aromatic hydroxyl groups is 1. The van der Waals surface area contributed by atoms with Gasteiger partial charge < -0.3 is 9.84 Å². The lowest BCUT2D eigenvalue weighted by Gasteiger charge is -2.15. The highest BCUT2D eigenvalue weighted by molar-refractivity contribution is 7.18. The number of hydrogen-bond acceptors (Lipinski definition) is 5. The van der Waals surface area contributed by atoms with Crippen molar-refractivity contribution in [2.24, 2.45) is 0 Å². The van der Waals surface area contributed by atoms with Gasteiger partial charge in [0, 0.05) is 17.7 Å². The maximum atomic E-state index is 14.5. The van der Waals surface area contributed by atoms with Gasteiger partial charge in [0.1, 0.15) is 17.2 Å². The highest BCUT2D eigenvalue weighted by atomic mass is 32.1. The van der Waals surface area contributed by atoms with Crippen LogP contribution in [0.1, 0.15) is 16.3 Å². The maximum absolute atomic E-state index is 14.5. The molecule has 0 saturated carbocycles. The highest BCUT2D eigenvalue weighted by Gasteiger charge is 2.39. The smallest absolute Gasteiger partial charge is 0.454 e. The normalized spacial score (nSPS) is 11.3. The second-order valence-corrected chi connectivity index (χ2v) is 7.20. The fraction of sp³-hybridized carbons (Fsp3) is 0.0476. The van der Waals surface area contributed by atoms with Crippen LogP contribution in [0.4, 0.5) is 22.0 Å². The Balaban J connectivity index is 1.61. The third kappa shape index (κ3) is 4.41. The molecule has 2 heterocycles. The Morgan fingerprint density at radius 3 is 2.39 bits per heavy atom. The molecule has 4 nitrogen and oxygen atoms in total. The number of rotatable bonds is 3. The molecule has 0 bridgehead atoms. The zero-order valence-electron chi connectivity index (χ0n) is 15.2. The molecule has 0 aliphatic rings. The van der Waals surface area contributed by atoms with E-state index >= 15 is 0 Å². The Kier molecular flexibility index (Phi) is 5.20. The number of thiazole rings is 1. The SMILES string of the molecule is Oc1ccc(C#Cc2ccc3nc(C(F)(F)Oc4cc(F)c(F)c(F)c4)sc3c2)nc1. The van der Waals surface area contributed by atoms with Gasteiger partial charge in [-0.1, -0.05) is 5.92 Å². The Bertz CT molecular complexity index is 1320. The van der Waals surface area contributed by atoms with Crippen LogP contribution in [0.5, 0.6) is 11.5 Å². The monoisotopic (exact) mass is 448 g/mol.